The zero-order valence-corrected chi connectivity index (χ0v) is 12.9. The quantitative estimate of drug-likeness (QED) is 0.746. The molecule has 0 spiro atoms. The molecule has 18 heavy (non-hydrogen) atoms. The van der Waals surface area contributed by atoms with E-state index in [1.54, 1.807) is 5.20 Å². The number of nitrogens with one attached hydrogen (secondary N) is 1. The molecule has 0 aromatic heterocycles. The average Bonchev–Trinajstić information content (AvgIpc) is 1.98. The summed E-state index contributed by atoms with van der Waals surface area (Å²) in [6.45, 7) is 16.1. The number of allylic oxidation sites excluding steroid dienone is 4. The van der Waals surface area contributed by atoms with Crippen molar-refractivity contribution in [3.63, 3.8) is 0 Å². The van der Waals surface area contributed by atoms with Gasteiger partial charge in [-0.15, -0.1) is 0 Å². The van der Waals surface area contributed by atoms with E-state index in [0.29, 0.717) is 5.41 Å². The van der Waals surface area contributed by atoms with Crippen LogP contribution in [0.4, 0.5) is 0 Å². The maximum absolute atomic E-state index is 3.81. The Morgan fingerprint density at radius 2 is 1.67 bits per heavy atom. The molecule has 0 aromatic rings. The maximum atomic E-state index is 3.81. The van der Waals surface area contributed by atoms with Crippen LogP contribution < -0.4 is 4.98 Å². The molecule has 0 unspecified atom stereocenters. The third kappa shape index (κ3) is 6.86. The normalized spacial score (nSPS) is 18.5. The first kappa shape index (κ1) is 21.2. The van der Waals surface area contributed by atoms with Gasteiger partial charge >= 0.3 is 37.7 Å². The summed E-state index contributed by atoms with van der Waals surface area (Å²) in [6, 6.07) is 0. The van der Waals surface area contributed by atoms with Gasteiger partial charge in [0.25, 0.3) is 0 Å². The van der Waals surface area contributed by atoms with Crippen molar-refractivity contribution in [2.45, 2.75) is 59.7 Å². The molecule has 0 saturated carbocycles. The molecule has 0 fully saturated rings. The van der Waals surface area contributed by atoms with Gasteiger partial charge in [0, 0.05) is 5.54 Å². The summed E-state index contributed by atoms with van der Waals surface area (Å²) in [5, 5.41) is 1.54. The molecule has 1 nitrogen and oxygen atoms in total. The SMILES string of the molecule is CC1(C)C=CC([Si](C)(C)NC(C)(C)C)=CC1.[LiH].[LiH]. The van der Waals surface area contributed by atoms with Crippen molar-refractivity contribution in [3.8, 4) is 0 Å². The predicted molar refractivity (Wildman–Crippen MR) is 90.3 cm³/mol. The first-order chi connectivity index (χ1) is 7.02. The van der Waals surface area contributed by atoms with Gasteiger partial charge in [-0.25, -0.2) is 0 Å². The Morgan fingerprint density at radius 3 is 2.00 bits per heavy atom. The van der Waals surface area contributed by atoms with Gasteiger partial charge in [-0.3, -0.25) is 0 Å². The summed E-state index contributed by atoms with van der Waals surface area (Å²) < 4.78 is 0. The number of hydrogen-bond acceptors (Lipinski definition) is 1. The van der Waals surface area contributed by atoms with Gasteiger partial charge in [0.05, 0.1) is 0 Å². The first-order valence-corrected chi connectivity index (χ1v) is 9.21. The molecule has 0 bridgehead atoms. The fraction of sp³-hybridized carbons (Fsp3) is 0.714. The Morgan fingerprint density at radius 1 is 1.17 bits per heavy atom. The second kappa shape index (κ2) is 7.03. The van der Waals surface area contributed by atoms with Crippen LogP contribution in [0.2, 0.25) is 13.1 Å². The molecule has 0 saturated heterocycles. The molecule has 0 aromatic carbocycles. The molecular formula is C14H29Li2NSi. The van der Waals surface area contributed by atoms with Crippen LogP contribution in [-0.4, -0.2) is 51.5 Å². The second-order valence-corrected chi connectivity index (χ2v) is 11.3. The van der Waals surface area contributed by atoms with Crippen molar-refractivity contribution in [2.75, 3.05) is 0 Å². The molecule has 96 valence electrons. The van der Waals surface area contributed by atoms with E-state index in [1.807, 2.05) is 0 Å². The Bertz CT molecular complexity index is 325. The zero-order valence-electron chi connectivity index (χ0n) is 11.9. The number of hydrogen-bond donors (Lipinski definition) is 1. The Hall–Kier alpha value is 0.852. The fourth-order valence-corrected chi connectivity index (χ4v) is 5.43. The third-order valence-corrected chi connectivity index (χ3v) is 6.16. The molecule has 0 radical (unpaired) electrons. The van der Waals surface area contributed by atoms with E-state index in [4.69, 9.17) is 0 Å². The molecule has 0 amide bonds. The zero-order chi connectivity index (χ0) is 12.6. The van der Waals surface area contributed by atoms with Crippen LogP contribution in [-0.2, 0) is 0 Å². The Kier molecular flexibility index (Phi) is 8.26. The summed E-state index contributed by atoms with van der Waals surface area (Å²) >= 11 is 0. The van der Waals surface area contributed by atoms with Crippen LogP contribution in [0.5, 0.6) is 0 Å². The van der Waals surface area contributed by atoms with Crippen molar-refractivity contribution in [1.82, 2.24) is 4.98 Å². The van der Waals surface area contributed by atoms with E-state index in [2.05, 4.69) is 70.9 Å². The van der Waals surface area contributed by atoms with Gasteiger partial charge in [0.1, 0.15) is 0 Å². The Balaban J connectivity index is 0. The van der Waals surface area contributed by atoms with Crippen molar-refractivity contribution in [2.24, 2.45) is 5.41 Å². The predicted octanol–water partition coefficient (Wildman–Crippen LogP) is 2.73. The van der Waals surface area contributed by atoms with Crippen molar-refractivity contribution >= 4 is 46.0 Å². The van der Waals surface area contributed by atoms with Crippen molar-refractivity contribution in [1.29, 1.82) is 0 Å². The van der Waals surface area contributed by atoms with Gasteiger partial charge in [-0.2, -0.15) is 0 Å². The molecule has 1 aliphatic carbocycles. The van der Waals surface area contributed by atoms with E-state index in [1.165, 1.54) is 6.42 Å². The average molecular weight is 253 g/mol. The fourth-order valence-electron chi connectivity index (χ4n) is 2.30. The van der Waals surface area contributed by atoms with E-state index < -0.39 is 8.24 Å². The molecule has 0 heterocycles. The van der Waals surface area contributed by atoms with Crippen LogP contribution in [0.25, 0.3) is 0 Å². The Labute approximate surface area is 139 Å². The summed E-state index contributed by atoms with van der Waals surface area (Å²) in [4.78, 5) is 3.81. The summed E-state index contributed by atoms with van der Waals surface area (Å²) in [5.41, 5.74) is 0.549. The summed E-state index contributed by atoms with van der Waals surface area (Å²) in [7, 11) is -1.48. The first-order valence-electron chi connectivity index (χ1n) is 6.21. The van der Waals surface area contributed by atoms with Crippen molar-refractivity contribution < 1.29 is 0 Å². The molecular weight excluding hydrogens is 224 g/mol. The molecule has 1 N–H and O–H groups in total. The monoisotopic (exact) mass is 253 g/mol. The molecule has 4 heteroatoms. The van der Waals surface area contributed by atoms with E-state index in [0.717, 1.165) is 0 Å². The van der Waals surface area contributed by atoms with Gasteiger partial charge in [0.15, 0.2) is 8.24 Å². The molecule has 1 rings (SSSR count). The second-order valence-electron chi connectivity index (χ2n) is 7.19. The van der Waals surface area contributed by atoms with E-state index in [-0.39, 0.29) is 43.3 Å². The van der Waals surface area contributed by atoms with Crippen LogP contribution in [0, 0.1) is 5.41 Å². The van der Waals surface area contributed by atoms with E-state index >= 15 is 0 Å². The number of rotatable bonds is 2. The van der Waals surface area contributed by atoms with Gasteiger partial charge in [-0.05, 0) is 37.8 Å². The molecule has 1 aliphatic rings. The molecule has 0 atom stereocenters. The van der Waals surface area contributed by atoms with Crippen LogP contribution in [0.3, 0.4) is 0 Å². The molecule has 0 aliphatic heterocycles. The standard InChI is InChI=1S/C14H27NSi.2Li.2H/c1-13(2,3)15-16(6,7)12-8-10-14(4,5)11-9-12;;;;/h8-10,15H,11H2,1-7H3;;;;. The van der Waals surface area contributed by atoms with Crippen LogP contribution in [0.1, 0.15) is 41.0 Å². The van der Waals surface area contributed by atoms with Crippen LogP contribution >= 0.6 is 0 Å². The van der Waals surface area contributed by atoms with Gasteiger partial charge in [-0.1, -0.05) is 45.2 Å². The minimum atomic E-state index is -1.48. The van der Waals surface area contributed by atoms with E-state index in [9.17, 15) is 0 Å². The van der Waals surface area contributed by atoms with Gasteiger partial charge < -0.3 is 4.98 Å². The van der Waals surface area contributed by atoms with Crippen molar-refractivity contribution in [3.05, 3.63) is 23.4 Å². The topological polar surface area (TPSA) is 12.0 Å². The van der Waals surface area contributed by atoms with Gasteiger partial charge in [0.2, 0.25) is 0 Å². The summed E-state index contributed by atoms with van der Waals surface area (Å²) in [6.07, 6.45) is 8.31. The van der Waals surface area contributed by atoms with Crippen LogP contribution in [0.15, 0.2) is 23.4 Å². The summed E-state index contributed by atoms with van der Waals surface area (Å²) in [5.74, 6) is 0. The minimum absolute atomic E-state index is 0. The third-order valence-electron chi connectivity index (χ3n) is 2.97.